The Labute approximate surface area is 182 Å². The van der Waals surface area contributed by atoms with E-state index in [1.54, 1.807) is 0 Å². The summed E-state index contributed by atoms with van der Waals surface area (Å²) in [6, 6.07) is 2.35. The van der Waals surface area contributed by atoms with Gasteiger partial charge in [-0.05, 0) is 52.8 Å². The molecule has 10 heteroatoms. The van der Waals surface area contributed by atoms with Crippen LogP contribution in [0.2, 0.25) is 18.1 Å². The molecule has 0 rings (SSSR count). The van der Waals surface area contributed by atoms with Crippen molar-refractivity contribution in [3.63, 3.8) is 0 Å². The summed E-state index contributed by atoms with van der Waals surface area (Å²) in [6.07, 6.45) is 1.46. The topological polar surface area (TPSA) is 64.6 Å². The van der Waals surface area contributed by atoms with Crippen LogP contribution in [0.5, 0.6) is 0 Å². The zero-order valence-corrected chi connectivity index (χ0v) is 23.1. The number of ether oxygens (including phenoxy) is 3. The van der Waals surface area contributed by atoms with Gasteiger partial charge in [0.1, 0.15) is 0 Å². The minimum atomic E-state index is -2.79. The van der Waals surface area contributed by atoms with Crippen LogP contribution in [0.15, 0.2) is 0 Å². The molecule has 0 heterocycles. The predicted octanol–water partition coefficient (Wildman–Crippen LogP) is 4.21. The molecule has 0 aliphatic heterocycles. The molecule has 0 saturated carbocycles. The van der Waals surface area contributed by atoms with Crippen LogP contribution in [0, 0.1) is 0 Å². The average molecular weight is 471 g/mol. The van der Waals surface area contributed by atoms with E-state index in [4.69, 9.17) is 31.3 Å². The lowest BCUT2D eigenvalue weighted by Gasteiger charge is -2.44. The summed E-state index contributed by atoms with van der Waals surface area (Å²) in [6.45, 7) is 19.4. The zero-order chi connectivity index (χ0) is 22.2. The van der Waals surface area contributed by atoms with Crippen molar-refractivity contribution in [2.45, 2.75) is 73.5 Å². The summed E-state index contributed by atoms with van der Waals surface area (Å²) in [4.78, 5) is 0. The predicted molar refractivity (Wildman–Crippen MR) is 124 cm³/mol. The van der Waals surface area contributed by atoms with E-state index in [9.17, 15) is 0 Å². The first kappa shape index (κ1) is 29.4. The van der Waals surface area contributed by atoms with E-state index >= 15 is 0 Å². The van der Waals surface area contributed by atoms with E-state index in [0.29, 0.717) is 51.7 Å². The van der Waals surface area contributed by atoms with Crippen molar-refractivity contribution in [1.82, 2.24) is 0 Å². The maximum atomic E-state index is 6.93. The van der Waals surface area contributed by atoms with Crippen molar-refractivity contribution >= 4 is 25.7 Å². The van der Waals surface area contributed by atoms with Gasteiger partial charge in [-0.3, -0.25) is 0 Å². The van der Waals surface area contributed by atoms with Crippen molar-refractivity contribution in [1.29, 1.82) is 0 Å². The first-order chi connectivity index (χ1) is 13.9. The molecular weight excluding hydrogens is 424 g/mol. The minimum Gasteiger partial charge on any atom is -0.412 e. The van der Waals surface area contributed by atoms with Gasteiger partial charge in [0.25, 0.3) is 0 Å². The van der Waals surface area contributed by atoms with Gasteiger partial charge >= 0.3 is 25.7 Å². The van der Waals surface area contributed by atoms with Gasteiger partial charge in [0.15, 0.2) is 0 Å². The molecule has 0 N–H and O–H groups in total. The number of hydrogen-bond acceptors (Lipinski definition) is 7. The van der Waals surface area contributed by atoms with Gasteiger partial charge in [0.2, 0.25) is 0 Å². The van der Waals surface area contributed by atoms with E-state index < -0.39 is 25.7 Å². The van der Waals surface area contributed by atoms with Gasteiger partial charge in [-0.15, -0.1) is 0 Å². The largest absolute Gasteiger partial charge is 0.412 e. The second kappa shape index (κ2) is 16.1. The Bertz CT molecular complexity index is 378. The van der Waals surface area contributed by atoms with Crippen LogP contribution in [0.4, 0.5) is 0 Å². The van der Waals surface area contributed by atoms with Crippen LogP contribution in [-0.2, 0) is 31.3 Å². The first-order valence-corrected chi connectivity index (χ1v) is 18.0. The lowest BCUT2D eigenvalue weighted by atomic mass is 10.9. The van der Waals surface area contributed by atoms with Crippen LogP contribution in [0.3, 0.4) is 0 Å². The normalized spacial score (nSPS) is 18.2. The fourth-order valence-corrected chi connectivity index (χ4v) is 16.5. The molecule has 0 aromatic heterocycles. The Hall–Kier alpha value is 0.371. The maximum absolute atomic E-state index is 6.93. The highest BCUT2D eigenvalue weighted by Gasteiger charge is 2.53. The lowest BCUT2D eigenvalue weighted by Crippen LogP contribution is -2.65. The smallest absolute Gasteiger partial charge is 0.355 e. The molecule has 2 atom stereocenters. The maximum Gasteiger partial charge on any atom is 0.355 e. The highest BCUT2D eigenvalue weighted by molar-refractivity contribution is 6.87. The van der Waals surface area contributed by atoms with E-state index in [0.717, 1.165) is 18.1 Å². The summed E-state index contributed by atoms with van der Waals surface area (Å²) in [5, 5.41) is 0. The van der Waals surface area contributed by atoms with E-state index in [-0.39, 0.29) is 0 Å². The van der Waals surface area contributed by atoms with Gasteiger partial charge in [-0.2, -0.15) is 0 Å². The molecule has 7 nitrogen and oxygen atoms in total. The molecule has 0 amide bonds. The fourth-order valence-electron chi connectivity index (χ4n) is 3.06. The third kappa shape index (κ3) is 10.0. The van der Waals surface area contributed by atoms with Crippen molar-refractivity contribution in [2.75, 3.05) is 51.7 Å². The van der Waals surface area contributed by atoms with Gasteiger partial charge < -0.3 is 31.3 Å². The van der Waals surface area contributed by atoms with Crippen LogP contribution in [0.1, 0.15) is 55.4 Å². The highest BCUT2D eigenvalue weighted by atomic mass is 28.5. The third-order valence-electron chi connectivity index (χ3n) is 4.75. The van der Waals surface area contributed by atoms with Crippen LogP contribution in [-0.4, -0.2) is 77.4 Å². The number of hydrogen-bond donors (Lipinski definition) is 0. The standard InChI is InChI=1S/C19H46O7Si3/c1-9-20-17-27(14-6,23-12-4)25-29(16-8,19-22-11-3)26-28(15-7,24-13-5)18-21-10-2/h9-19H2,1-8H3. The van der Waals surface area contributed by atoms with Crippen LogP contribution in [0.25, 0.3) is 0 Å². The van der Waals surface area contributed by atoms with Gasteiger partial charge in [-0.25, -0.2) is 0 Å². The van der Waals surface area contributed by atoms with Crippen molar-refractivity contribution in [3.8, 4) is 0 Å². The summed E-state index contributed by atoms with van der Waals surface area (Å²) in [5.41, 5.74) is 0. The Morgan fingerprint density at radius 3 is 0.966 bits per heavy atom. The van der Waals surface area contributed by atoms with Crippen LogP contribution >= 0.6 is 0 Å². The third-order valence-corrected chi connectivity index (χ3v) is 17.5. The Morgan fingerprint density at radius 1 is 0.414 bits per heavy atom. The summed E-state index contributed by atoms with van der Waals surface area (Å²) >= 11 is 0. The summed E-state index contributed by atoms with van der Waals surface area (Å²) in [7, 11) is -7.99. The van der Waals surface area contributed by atoms with Gasteiger partial charge in [0, 0.05) is 33.0 Å². The molecule has 0 fully saturated rings. The molecule has 29 heavy (non-hydrogen) atoms. The van der Waals surface area contributed by atoms with Gasteiger partial charge in [0.05, 0.1) is 18.7 Å². The van der Waals surface area contributed by atoms with Crippen molar-refractivity contribution in [2.24, 2.45) is 0 Å². The summed E-state index contributed by atoms with van der Waals surface area (Å²) in [5.74, 6) is 0. The lowest BCUT2D eigenvalue weighted by molar-refractivity contribution is 0.100. The van der Waals surface area contributed by atoms with Crippen molar-refractivity contribution < 1.29 is 31.3 Å². The Kier molecular flexibility index (Phi) is 16.3. The van der Waals surface area contributed by atoms with Crippen molar-refractivity contribution in [3.05, 3.63) is 0 Å². The molecule has 0 aromatic carbocycles. The molecule has 0 aliphatic rings. The van der Waals surface area contributed by atoms with E-state index in [1.165, 1.54) is 0 Å². The van der Waals surface area contributed by atoms with Gasteiger partial charge in [-0.1, -0.05) is 20.8 Å². The monoisotopic (exact) mass is 470 g/mol. The molecule has 0 aliphatic carbocycles. The van der Waals surface area contributed by atoms with E-state index in [2.05, 4.69) is 20.8 Å². The number of rotatable bonds is 20. The highest BCUT2D eigenvalue weighted by Crippen LogP contribution is 2.29. The Balaban J connectivity index is 5.97. The second-order valence-electron chi connectivity index (χ2n) is 6.77. The average Bonchev–Trinajstić information content (AvgIpc) is 2.74. The quantitative estimate of drug-likeness (QED) is 0.247. The second-order valence-corrected chi connectivity index (χ2v) is 17.4. The molecule has 176 valence electrons. The molecule has 0 saturated heterocycles. The van der Waals surface area contributed by atoms with Crippen LogP contribution < -0.4 is 0 Å². The molecule has 0 spiro atoms. The minimum absolute atomic E-state index is 0.460. The molecule has 0 bridgehead atoms. The molecule has 0 radical (unpaired) electrons. The molecule has 2 unspecified atom stereocenters. The van der Waals surface area contributed by atoms with E-state index in [1.807, 2.05) is 34.6 Å². The molecule has 0 aromatic rings. The molecular formula is C19H46O7Si3. The summed E-state index contributed by atoms with van der Waals surface area (Å²) < 4.78 is 43.9. The SMILES string of the molecule is CCOC[Si](CC)(OCC)O[Si](CC)(COCC)O[Si](CC)(COCC)OCC. The fraction of sp³-hybridized carbons (Fsp3) is 1.00. The Morgan fingerprint density at radius 2 is 0.724 bits per heavy atom. The zero-order valence-electron chi connectivity index (χ0n) is 20.1. The first-order valence-electron chi connectivity index (χ1n) is 11.3.